The highest BCUT2D eigenvalue weighted by Crippen LogP contribution is 2.17. The van der Waals surface area contributed by atoms with Crippen LogP contribution < -0.4 is 10.1 Å². The second kappa shape index (κ2) is 7.98. The van der Waals surface area contributed by atoms with Gasteiger partial charge in [0.05, 0.1) is 0 Å². The van der Waals surface area contributed by atoms with E-state index in [4.69, 9.17) is 4.74 Å². The van der Waals surface area contributed by atoms with Crippen molar-refractivity contribution in [1.82, 2.24) is 10.2 Å². The Hall–Kier alpha value is -1.62. The minimum atomic E-state index is -0.436. The Kier molecular flexibility index (Phi) is 5.99. The Balaban J connectivity index is 1.93. The molecule has 1 aliphatic rings. The molecule has 0 atom stereocenters. The Morgan fingerprint density at radius 1 is 1.38 bits per heavy atom. The van der Waals surface area contributed by atoms with Gasteiger partial charge in [-0.1, -0.05) is 19.1 Å². The lowest BCUT2D eigenvalue weighted by Crippen LogP contribution is -2.48. The minimum absolute atomic E-state index is 0.0630. The van der Waals surface area contributed by atoms with Crippen LogP contribution in [0, 0.1) is 5.82 Å². The highest BCUT2D eigenvalue weighted by Gasteiger charge is 2.24. The van der Waals surface area contributed by atoms with Gasteiger partial charge in [-0.15, -0.1) is 0 Å². The van der Waals surface area contributed by atoms with Crippen molar-refractivity contribution in [2.24, 2.45) is 0 Å². The topological polar surface area (TPSA) is 41.6 Å². The smallest absolute Gasteiger partial charge is 0.260 e. The van der Waals surface area contributed by atoms with E-state index in [-0.39, 0.29) is 24.3 Å². The summed E-state index contributed by atoms with van der Waals surface area (Å²) in [5, 5.41) is 3.30. The van der Waals surface area contributed by atoms with Crippen LogP contribution in [0.15, 0.2) is 24.3 Å². The van der Waals surface area contributed by atoms with Crippen LogP contribution in [0.5, 0.6) is 5.75 Å². The molecule has 0 bridgehead atoms. The van der Waals surface area contributed by atoms with E-state index >= 15 is 0 Å². The first-order chi connectivity index (χ1) is 10.2. The summed E-state index contributed by atoms with van der Waals surface area (Å²) in [7, 11) is 0. The lowest BCUT2D eigenvalue weighted by Gasteiger charge is -2.34. The molecule has 2 rings (SSSR count). The van der Waals surface area contributed by atoms with E-state index in [1.54, 1.807) is 12.1 Å². The first-order valence-corrected chi connectivity index (χ1v) is 7.60. The summed E-state index contributed by atoms with van der Waals surface area (Å²) in [5.74, 6) is -0.367. The van der Waals surface area contributed by atoms with Crippen LogP contribution in [0.25, 0.3) is 0 Å². The van der Waals surface area contributed by atoms with E-state index in [1.807, 2.05) is 4.90 Å². The van der Waals surface area contributed by atoms with E-state index in [9.17, 15) is 9.18 Å². The number of carbonyl (C=O) groups is 1. The molecule has 0 spiro atoms. The van der Waals surface area contributed by atoms with Gasteiger partial charge < -0.3 is 15.0 Å². The zero-order chi connectivity index (χ0) is 15.1. The number of nitrogens with zero attached hydrogens (tertiary/aromatic N) is 1. The molecule has 1 amide bonds. The van der Waals surface area contributed by atoms with Crippen molar-refractivity contribution in [3.05, 3.63) is 30.1 Å². The van der Waals surface area contributed by atoms with E-state index in [0.717, 1.165) is 38.9 Å². The second-order valence-corrected chi connectivity index (χ2v) is 5.29. The number of rotatable bonds is 6. The summed E-state index contributed by atoms with van der Waals surface area (Å²) in [6.45, 7) is 4.55. The van der Waals surface area contributed by atoms with Crippen molar-refractivity contribution in [3.63, 3.8) is 0 Å². The minimum Gasteiger partial charge on any atom is -0.481 e. The molecule has 1 heterocycles. The zero-order valence-corrected chi connectivity index (χ0v) is 12.5. The Labute approximate surface area is 125 Å². The van der Waals surface area contributed by atoms with Gasteiger partial charge in [-0.25, -0.2) is 4.39 Å². The summed E-state index contributed by atoms with van der Waals surface area (Å²) in [4.78, 5) is 14.3. The van der Waals surface area contributed by atoms with Gasteiger partial charge in [0.2, 0.25) is 0 Å². The van der Waals surface area contributed by atoms with Gasteiger partial charge in [0, 0.05) is 12.6 Å². The van der Waals surface area contributed by atoms with E-state index in [1.165, 1.54) is 12.1 Å². The summed E-state index contributed by atoms with van der Waals surface area (Å²) < 4.78 is 18.8. The lowest BCUT2D eigenvalue weighted by atomic mass is 10.0. The van der Waals surface area contributed by atoms with Crippen LogP contribution in [-0.4, -0.2) is 43.1 Å². The van der Waals surface area contributed by atoms with Crippen molar-refractivity contribution < 1.29 is 13.9 Å². The summed E-state index contributed by atoms with van der Waals surface area (Å²) in [5.41, 5.74) is 0. The van der Waals surface area contributed by atoms with Crippen molar-refractivity contribution in [1.29, 1.82) is 0 Å². The zero-order valence-electron chi connectivity index (χ0n) is 12.5. The van der Waals surface area contributed by atoms with Crippen LogP contribution in [0.3, 0.4) is 0 Å². The van der Waals surface area contributed by atoms with Gasteiger partial charge in [0.25, 0.3) is 5.91 Å². The maximum absolute atomic E-state index is 13.5. The van der Waals surface area contributed by atoms with E-state index < -0.39 is 5.82 Å². The molecule has 0 saturated carbocycles. The van der Waals surface area contributed by atoms with Gasteiger partial charge in [-0.2, -0.15) is 0 Å². The van der Waals surface area contributed by atoms with Crippen molar-refractivity contribution in [3.8, 4) is 5.75 Å². The summed E-state index contributed by atoms with van der Waals surface area (Å²) >= 11 is 0. The van der Waals surface area contributed by atoms with Crippen molar-refractivity contribution >= 4 is 5.91 Å². The number of nitrogens with one attached hydrogen (secondary N) is 1. The number of para-hydroxylation sites is 1. The molecule has 0 unspecified atom stereocenters. The molecule has 116 valence electrons. The third kappa shape index (κ3) is 4.43. The lowest BCUT2D eigenvalue weighted by molar-refractivity contribution is -0.136. The van der Waals surface area contributed by atoms with E-state index in [0.29, 0.717) is 0 Å². The molecular formula is C16H23FN2O2. The first-order valence-electron chi connectivity index (χ1n) is 7.60. The molecule has 1 aromatic carbocycles. The Morgan fingerprint density at radius 2 is 2.10 bits per heavy atom. The molecular weight excluding hydrogens is 271 g/mol. The first kappa shape index (κ1) is 15.8. The number of amides is 1. The number of piperidine rings is 1. The molecule has 5 heteroatoms. The van der Waals surface area contributed by atoms with Crippen LogP contribution in [0.2, 0.25) is 0 Å². The molecule has 1 aromatic rings. The number of hydrogen-bond acceptors (Lipinski definition) is 3. The average molecular weight is 294 g/mol. The normalized spacial score (nSPS) is 15.7. The third-order valence-corrected chi connectivity index (χ3v) is 3.72. The number of ether oxygens (including phenoxy) is 1. The summed E-state index contributed by atoms with van der Waals surface area (Å²) in [6, 6.07) is 6.43. The molecule has 0 aromatic heterocycles. The van der Waals surface area contributed by atoms with Gasteiger partial charge in [-0.05, 0) is 44.5 Å². The van der Waals surface area contributed by atoms with E-state index in [2.05, 4.69) is 12.2 Å². The molecule has 1 fully saturated rings. The average Bonchev–Trinajstić information content (AvgIpc) is 2.52. The maximum atomic E-state index is 13.5. The quantitative estimate of drug-likeness (QED) is 0.874. The largest absolute Gasteiger partial charge is 0.481 e. The van der Waals surface area contributed by atoms with Crippen LogP contribution in [-0.2, 0) is 4.79 Å². The van der Waals surface area contributed by atoms with Gasteiger partial charge in [0.1, 0.15) is 0 Å². The number of halogens is 1. The van der Waals surface area contributed by atoms with Crippen molar-refractivity contribution in [2.75, 3.05) is 26.2 Å². The molecule has 0 radical (unpaired) electrons. The monoisotopic (exact) mass is 294 g/mol. The third-order valence-electron chi connectivity index (χ3n) is 3.72. The van der Waals surface area contributed by atoms with Crippen LogP contribution in [0.4, 0.5) is 4.39 Å². The molecule has 21 heavy (non-hydrogen) atoms. The predicted molar refractivity (Wildman–Crippen MR) is 79.8 cm³/mol. The van der Waals surface area contributed by atoms with Crippen LogP contribution >= 0.6 is 0 Å². The standard InChI is InChI=1S/C16H23FN2O2/c1-2-11-19(13-7-9-18-10-8-13)16(20)12-21-15-6-4-3-5-14(15)17/h3-6,13,18H,2,7-12H2,1H3. The number of benzene rings is 1. The molecule has 1 saturated heterocycles. The molecule has 1 aliphatic heterocycles. The van der Waals surface area contributed by atoms with Gasteiger partial charge >= 0.3 is 0 Å². The second-order valence-electron chi connectivity index (χ2n) is 5.29. The Morgan fingerprint density at radius 3 is 2.76 bits per heavy atom. The van der Waals surface area contributed by atoms with Gasteiger partial charge in [0.15, 0.2) is 18.2 Å². The number of carbonyl (C=O) groups excluding carboxylic acids is 1. The molecule has 4 nitrogen and oxygen atoms in total. The SMILES string of the molecule is CCCN(C(=O)COc1ccccc1F)C1CCNCC1. The molecule has 0 aliphatic carbocycles. The molecule has 1 N–H and O–H groups in total. The predicted octanol–water partition coefficient (Wildman–Crippen LogP) is 2.20. The fourth-order valence-electron chi connectivity index (χ4n) is 2.65. The van der Waals surface area contributed by atoms with Gasteiger partial charge in [-0.3, -0.25) is 4.79 Å². The maximum Gasteiger partial charge on any atom is 0.260 e. The number of hydrogen-bond donors (Lipinski definition) is 1. The fraction of sp³-hybridized carbons (Fsp3) is 0.562. The van der Waals surface area contributed by atoms with Crippen LogP contribution in [0.1, 0.15) is 26.2 Å². The fourth-order valence-corrected chi connectivity index (χ4v) is 2.65. The highest BCUT2D eigenvalue weighted by atomic mass is 19.1. The highest BCUT2D eigenvalue weighted by molar-refractivity contribution is 5.78. The Bertz CT molecular complexity index is 461. The van der Waals surface area contributed by atoms with Crippen molar-refractivity contribution in [2.45, 2.75) is 32.2 Å². The summed E-state index contributed by atoms with van der Waals surface area (Å²) in [6.07, 6.45) is 2.84.